The van der Waals surface area contributed by atoms with Gasteiger partial charge in [-0.15, -0.1) is 0 Å². The Morgan fingerprint density at radius 1 is 1.15 bits per heavy atom. The molecule has 0 saturated heterocycles. The van der Waals surface area contributed by atoms with E-state index in [-0.39, 0.29) is 10.6 Å². The van der Waals surface area contributed by atoms with Gasteiger partial charge < -0.3 is 9.05 Å². The molecule has 0 unspecified atom stereocenters. The van der Waals surface area contributed by atoms with E-state index >= 15 is 0 Å². The standard InChI is InChI=1S/C12H9N3O4S/c16-20(17,15-10-7-14-18-8-10)11-3-1-2-9(6-11)12-4-5-13-19-12/h1-8,15H. The highest BCUT2D eigenvalue weighted by molar-refractivity contribution is 7.92. The number of hydrogen-bond acceptors (Lipinski definition) is 6. The quantitative estimate of drug-likeness (QED) is 0.790. The van der Waals surface area contributed by atoms with E-state index in [0.717, 1.165) is 0 Å². The van der Waals surface area contributed by atoms with Crippen molar-refractivity contribution in [1.82, 2.24) is 10.3 Å². The van der Waals surface area contributed by atoms with Crippen LogP contribution in [0.25, 0.3) is 11.3 Å². The van der Waals surface area contributed by atoms with Gasteiger partial charge in [-0.05, 0) is 12.1 Å². The fourth-order valence-electron chi connectivity index (χ4n) is 1.65. The smallest absolute Gasteiger partial charge is 0.262 e. The summed E-state index contributed by atoms with van der Waals surface area (Å²) >= 11 is 0. The Morgan fingerprint density at radius 3 is 2.75 bits per heavy atom. The van der Waals surface area contributed by atoms with Crippen molar-refractivity contribution in [3.05, 3.63) is 49.0 Å². The van der Waals surface area contributed by atoms with Crippen LogP contribution in [0.1, 0.15) is 0 Å². The van der Waals surface area contributed by atoms with Gasteiger partial charge in [-0.2, -0.15) is 0 Å². The Kier molecular flexibility index (Phi) is 2.99. The summed E-state index contributed by atoms with van der Waals surface area (Å²) < 4.78 is 36.3. The van der Waals surface area contributed by atoms with Crippen LogP contribution < -0.4 is 4.72 Å². The minimum Gasteiger partial charge on any atom is -0.362 e. The van der Waals surface area contributed by atoms with E-state index in [1.54, 1.807) is 18.2 Å². The van der Waals surface area contributed by atoms with Crippen molar-refractivity contribution in [1.29, 1.82) is 0 Å². The molecule has 1 N–H and O–H groups in total. The van der Waals surface area contributed by atoms with Crippen LogP contribution in [0.15, 0.2) is 62.9 Å². The lowest BCUT2D eigenvalue weighted by Gasteiger charge is -2.06. The lowest BCUT2D eigenvalue weighted by Crippen LogP contribution is -2.12. The number of hydrogen-bond donors (Lipinski definition) is 1. The van der Waals surface area contributed by atoms with E-state index in [0.29, 0.717) is 11.3 Å². The van der Waals surface area contributed by atoms with Gasteiger partial charge in [-0.3, -0.25) is 4.72 Å². The maximum Gasteiger partial charge on any atom is 0.262 e. The normalized spacial score (nSPS) is 11.4. The Balaban J connectivity index is 1.96. The second-order valence-corrected chi connectivity index (χ2v) is 5.61. The molecule has 0 aliphatic rings. The molecule has 0 bridgehead atoms. The zero-order valence-electron chi connectivity index (χ0n) is 10.1. The lowest BCUT2D eigenvalue weighted by molar-refractivity contribution is 0.420. The Morgan fingerprint density at radius 2 is 2.05 bits per heavy atom. The van der Waals surface area contributed by atoms with Gasteiger partial charge >= 0.3 is 0 Å². The number of nitrogens with one attached hydrogen (secondary N) is 1. The largest absolute Gasteiger partial charge is 0.362 e. The predicted molar refractivity (Wildman–Crippen MR) is 69.3 cm³/mol. The van der Waals surface area contributed by atoms with Crippen LogP contribution in [0.3, 0.4) is 0 Å². The van der Waals surface area contributed by atoms with E-state index in [2.05, 4.69) is 19.6 Å². The molecule has 0 fully saturated rings. The van der Waals surface area contributed by atoms with Crippen LogP contribution in [0.5, 0.6) is 0 Å². The molecule has 3 rings (SSSR count). The SMILES string of the molecule is O=S(=O)(Nc1cnoc1)c1cccc(-c2ccno2)c1. The van der Waals surface area contributed by atoms with Gasteiger partial charge in [-0.25, -0.2) is 8.42 Å². The van der Waals surface area contributed by atoms with Crippen LogP contribution >= 0.6 is 0 Å². The van der Waals surface area contributed by atoms with Gasteiger partial charge in [0.15, 0.2) is 5.76 Å². The van der Waals surface area contributed by atoms with E-state index in [9.17, 15) is 8.42 Å². The first kappa shape index (κ1) is 12.4. The van der Waals surface area contributed by atoms with Gasteiger partial charge in [-0.1, -0.05) is 22.4 Å². The van der Waals surface area contributed by atoms with Crippen molar-refractivity contribution in [2.24, 2.45) is 0 Å². The first-order valence-electron chi connectivity index (χ1n) is 5.58. The van der Waals surface area contributed by atoms with Crippen molar-refractivity contribution in [2.45, 2.75) is 4.90 Å². The van der Waals surface area contributed by atoms with Crippen molar-refractivity contribution in [2.75, 3.05) is 4.72 Å². The molecule has 0 spiro atoms. The Bertz CT molecular complexity index is 795. The minimum atomic E-state index is -3.71. The predicted octanol–water partition coefficient (Wildman–Crippen LogP) is 2.13. The Labute approximate surface area is 114 Å². The molecule has 2 heterocycles. The molecule has 1 aromatic carbocycles. The van der Waals surface area contributed by atoms with Crippen LogP contribution in [0, 0.1) is 0 Å². The highest BCUT2D eigenvalue weighted by Crippen LogP contribution is 2.23. The highest BCUT2D eigenvalue weighted by Gasteiger charge is 2.16. The summed E-state index contributed by atoms with van der Waals surface area (Å²) in [6.45, 7) is 0. The molecule has 0 radical (unpaired) electrons. The van der Waals surface area contributed by atoms with Crippen molar-refractivity contribution >= 4 is 15.7 Å². The molecule has 0 aliphatic carbocycles. The molecule has 0 amide bonds. The van der Waals surface area contributed by atoms with Crippen LogP contribution in [0.4, 0.5) is 5.69 Å². The second-order valence-electron chi connectivity index (χ2n) is 3.92. The first-order chi connectivity index (χ1) is 9.65. The monoisotopic (exact) mass is 291 g/mol. The number of rotatable bonds is 4. The van der Waals surface area contributed by atoms with Gasteiger partial charge in [0.1, 0.15) is 12.0 Å². The molecule has 3 aromatic rings. The van der Waals surface area contributed by atoms with Gasteiger partial charge in [0.05, 0.1) is 17.3 Å². The summed E-state index contributed by atoms with van der Waals surface area (Å²) in [7, 11) is -3.71. The van der Waals surface area contributed by atoms with Crippen LogP contribution in [-0.2, 0) is 10.0 Å². The Hall–Kier alpha value is -2.61. The fourth-order valence-corrected chi connectivity index (χ4v) is 2.72. The molecular formula is C12H9N3O4S. The molecular weight excluding hydrogens is 282 g/mol. The van der Waals surface area contributed by atoms with Gasteiger partial charge in [0.2, 0.25) is 0 Å². The van der Waals surface area contributed by atoms with Crippen molar-refractivity contribution in [3.8, 4) is 11.3 Å². The minimum absolute atomic E-state index is 0.104. The molecule has 8 heteroatoms. The summed E-state index contributed by atoms with van der Waals surface area (Å²) in [6, 6.07) is 7.99. The second kappa shape index (κ2) is 4.82. The molecule has 102 valence electrons. The summed E-state index contributed by atoms with van der Waals surface area (Å²) in [5.41, 5.74) is 0.880. The van der Waals surface area contributed by atoms with E-state index in [1.165, 1.54) is 30.8 Å². The highest BCUT2D eigenvalue weighted by atomic mass is 32.2. The lowest BCUT2D eigenvalue weighted by atomic mass is 10.2. The topological polar surface area (TPSA) is 98.2 Å². The third-order valence-corrected chi connectivity index (χ3v) is 3.93. The first-order valence-corrected chi connectivity index (χ1v) is 7.07. The maximum absolute atomic E-state index is 12.2. The van der Waals surface area contributed by atoms with Gasteiger partial charge in [0, 0.05) is 11.6 Å². The molecule has 7 nitrogen and oxygen atoms in total. The third kappa shape index (κ3) is 2.41. The average Bonchev–Trinajstić information content (AvgIpc) is 3.11. The summed E-state index contributed by atoms with van der Waals surface area (Å²) in [4.78, 5) is 0.104. The maximum atomic E-state index is 12.2. The van der Waals surface area contributed by atoms with Crippen molar-refractivity contribution < 1.29 is 17.5 Å². The summed E-state index contributed by atoms with van der Waals surface area (Å²) in [5.74, 6) is 0.493. The number of nitrogens with zero attached hydrogens (tertiary/aromatic N) is 2. The summed E-state index contributed by atoms with van der Waals surface area (Å²) in [6.07, 6.45) is 3.97. The zero-order chi connectivity index (χ0) is 14.0. The molecule has 0 aliphatic heterocycles. The molecule has 2 aromatic heterocycles. The number of benzene rings is 1. The van der Waals surface area contributed by atoms with Crippen LogP contribution in [0.2, 0.25) is 0 Å². The van der Waals surface area contributed by atoms with E-state index in [1.807, 2.05) is 0 Å². The van der Waals surface area contributed by atoms with Crippen LogP contribution in [-0.4, -0.2) is 18.7 Å². The molecule has 0 saturated carbocycles. The van der Waals surface area contributed by atoms with E-state index in [4.69, 9.17) is 4.52 Å². The summed E-state index contributed by atoms with van der Waals surface area (Å²) in [5, 5.41) is 7.02. The molecule has 20 heavy (non-hydrogen) atoms. The van der Waals surface area contributed by atoms with Gasteiger partial charge in [0.25, 0.3) is 10.0 Å². The number of anilines is 1. The fraction of sp³-hybridized carbons (Fsp3) is 0. The average molecular weight is 291 g/mol. The number of sulfonamides is 1. The van der Waals surface area contributed by atoms with Crippen molar-refractivity contribution in [3.63, 3.8) is 0 Å². The third-order valence-electron chi connectivity index (χ3n) is 2.55. The number of aromatic nitrogens is 2. The van der Waals surface area contributed by atoms with E-state index < -0.39 is 10.0 Å². The molecule has 0 atom stereocenters. The zero-order valence-corrected chi connectivity index (χ0v) is 10.9.